The van der Waals surface area contributed by atoms with E-state index < -0.39 is 16.0 Å². The van der Waals surface area contributed by atoms with Crippen molar-refractivity contribution in [3.63, 3.8) is 0 Å². The third-order valence-electron chi connectivity index (χ3n) is 9.60. The van der Waals surface area contributed by atoms with Crippen molar-refractivity contribution in [3.05, 3.63) is 53.6 Å². The molecule has 1 amide bonds. The quantitative estimate of drug-likeness (QED) is 0.366. The van der Waals surface area contributed by atoms with Crippen LogP contribution in [-0.2, 0) is 37.8 Å². The third-order valence-corrected chi connectivity index (χ3v) is 11.1. The van der Waals surface area contributed by atoms with Crippen LogP contribution in [0.5, 0.6) is 0 Å². The molecule has 2 saturated carbocycles. The van der Waals surface area contributed by atoms with Gasteiger partial charge >= 0.3 is 5.97 Å². The normalized spacial score (nSPS) is 23.0. The zero-order valence-corrected chi connectivity index (χ0v) is 25.7. The molecule has 3 aliphatic rings. The zero-order chi connectivity index (χ0) is 30.3. The first-order valence-corrected chi connectivity index (χ1v) is 16.9. The van der Waals surface area contributed by atoms with Crippen molar-refractivity contribution in [1.82, 2.24) is 14.2 Å². The van der Waals surface area contributed by atoms with Gasteiger partial charge in [0.05, 0.1) is 29.8 Å². The molecule has 3 fully saturated rings. The number of carboxylic acid groups (broad SMARTS) is 1. The molecule has 10 heteroatoms. The van der Waals surface area contributed by atoms with Crippen molar-refractivity contribution < 1.29 is 27.9 Å². The van der Waals surface area contributed by atoms with Gasteiger partial charge in [-0.25, -0.2) is 13.1 Å². The number of hydrogen-bond acceptors (Lipinski definition) is 5. The Morgan fingerprint density at radius 1 is 1.02 bits per heavy atom. The number of nitrogens with zero attached hydrogens (tertiary/aromatic N) is 2. The third kappa shape index (κ3) is 6.23. The lowest BCUT2D eigenvalue weighted by Gasteiger charge is -2.39. The molecular weight excluding hydrogens is 566 g/mol. The molecule has 9 nitrogen and oxygen atoms in total. The molecule has 1 atom stereocenters. The number of hydrogen-bond donors (Lipinski definition) is 2. The summed E-state index contributed by atoms with van der Waals surface area (Å²) < 4.78 is 37.6. The van der Waals surface area contributed by atoms with Gasteiger partial charge in [-0.05, 0) is 86.6 Å². The van der Waals surface area contributed by atoms with Crippen LogP contribution in [0.15, 0.2) is 47.4 Å². The second kappa shape index (κ2) is 12.1. The van der Waals surface area contributed by atoms with Crippen LogP contribution in [0.25, 0.3) is 22.2 Å². The van der Waals surface area contributed by atoms with E-state index in [1.54, 1.807) is 12.1 Å². The minimum absolute atomic E-state index is 0.0487. The Balaban J connectivity index is 1.13. The summed E-state index contributed by atoms with van der Waals surface area (Å²) in [6.07, 6.45) is 5.58. The SMILES string of the molecule is Cc1c(-c2ccc(CCC(=O)O)cc2)n(C)c2cc(S(=O)(=O)N[C@H]3CC[C@H](C(=O)N4CCOC[C@@H]4C4CC4)CC3)ccc12. The molecular formula is C33H41N3O6S. The summed E-state index contributed by atoms with van der Waals surface area (Å²) in [7, 11) is -1.81. The molecule has 2 aromatic carbocycles. The predicted octanol–water partition coefficient (Wildman–Crippen LogP) is 4.65. The monoisotopic (exact) mass is 607 g/mol. The minimum atomic E-state index is -3.75. The molecule has 2 N–H and O–H groups in total. The Morgan fingerprint density at radius 2 is 1.74 bits per heavy atom. The van der Waals surface area contributed by atoms with E-state index in [2.05, 4.69) is 9.62 Å². The molecule has 43 heavy (non-hydrogen) atoms. The van der Waals surface area contributed by atoms with Crippen LogP contribution in [0.4, 0.5) is 0 Å². The zero-order valence-electron chi connectivity index (χ0n) is 24.9. The molecule has 6 rings (SSSR count). The Labute approximate surface area is 253 Å². The van der Waals surface area contributed by atoms with E-state index in [9.17, 15) is 18.0 Å². The maximum absolute atomic E-state index is 13.5. The molecule has 0 unspecified atom stereocenters. The predicted molar refractivity (Wildman–Crippen MR) is 164 cm³/mol. The highest BCUT2D eigenvalue weighted by molar-refractivity contribution is 7.89. The lowest BCUT2D eigenvalue weighted by molar-refractivity contribution is -0.146. The van der Waals surface area contributed by atoms with Gasteiger partial charge in [0, 0.05) is 42.9 Å². The lowest BCUT2D eigenvalue weighted by Crippen LogP contribution is -2.52. The topological polar surface area (TPSA) is 118 Å². The maximum Gasteiger partial charge on any atom is 0.303 e. The van der Waals surface area contributed by atoms with Crippen molar-refractivity contribution in [2.24, 2.45) is 18.9 Å². The number of amides is 1. The summed E-state index contributed by atoms with van der Waals surface area (Å²) >= 11 is 0. The Morgan fingerprint density at radius 3 is 2.42 bits per heavy atom. The number of aromatic nitrogens is 1. The van der Waals surface area contributed by atoms with Crippen LogP contribution < -0.4 is 4.72 Å². The van der Waals surface area contributed by atoms with E-state index in [4.69, 9.17) is 9.84 Å². The highest BCUT2D eigenvalue weighted by atomic mass is 32.2. The molecule has 0 spiro atoms. The van der Waals surface area contributed by atoms with Crippen LogP contribution in [0.2, 0.25) is 0 Å². The number of rotatable bonds is 9. The standard InChI is InChI=1S/C33H41N3O6S/c1-21-28-15-14-27(19-29(28)35(2)32(21)24-6-3-22(4-7-24)5-16-31(37)38)43(40,41)34-26-12-10-25(11-13-26)33(39)36-17-18-42-20-30(36)23-8-9-23/h3-4,6-7,14-15,19,23,25-26,30,34H,5,8-13,16-18,20H2,1-2H3,(H,37,38)/t25-,26-,30-/m1/s1. The lowest BCUT2D eigenvalue weighted by atomic mass is 9.85. The summed E-state index contributed by atoms with van der Waals surface area (Å²) in [4.78, 5) is 26.6. The number of benzene rings is 2. The highest BCUT2D eigenvalue weighted by Crippen LogP contribution is 2.38. The molecule has 2 heterocycles. The van der Waals surface area contributed by atoms with E-state index in [0.717, 1.165) is 33.3 Å². The van der Waals surface area contributed by atoms with Gasteiger partial charge in [-0.1, -0.05) is 30.3 Å². The van der Waals surface area contributed by atoms with E-state index >= 15 is 0 Å². The van der Waals surface area contributed by atoms with Crippen molar-refractivity contribution in [1.29, 1.82) is 0 Å². The molecule has 1 aliphatic heterocycles. The summed E-state index contributed by atoms with van der Waals surface area (Å²) in [5.41, 5.74) is 4.83. The van der Waals surface area contributed by atoms with E-state index in [-0.39, 0.29) is 35.2 Å². The smallest absolute Gasteiger partial charge is 0.303 e. The number of morpholine rings is 1. The summed E-state index contributed by atoms with van der Waals surface area (Å²) in [5, 5.41) is 9.95. The van der Waals surface area contributed by atoms with Crippen LogP contribution in [0, 0.1) is 18.8 Å². The second-order valence-corrected chi connectivity index (χ2v) is 14.2. The van der Waals surface area contributed by atoms with Gasteiger partial charge < -0.3 is 19.3 Å². The summed E-state index contributed by atoms with van der Waals surface area (Å²) in [6.45, 7) is 3.93. The van der Waals surface area contributed by atoms with Gasteiger partial charge in [0.2, 0.25) is 15.9 Å². The second-order valence-electron chi connectivity index (χ2n) is 12.5. The molecule has 0 bridgehead atoms. The van der Waals surface area contributed by atoms with Crippen LogP contribution in [-0.4, -0.2) is 66.7 Å². The fourth-order valence-corrected chi connectivity index (χ4v) is 8.34. The van der Waals surface area contributed by atoms with Crippen LogP contribution in [0.1, 0.15) is 56.1 Å². The molecule has 1 aromatic heterocycles. The number of aliphatic carboxylic acids is 1. The molecule has 1 saturated heterocycles. The van der Waals surface area contributed by atoms with Crippen molar-refractivity contribution in [2.75, 3.05) is 19.8 Å². The Hall–Kier alpha value is -3.21. The highest BCUT2D eigenvalue weighted by Gasteiger charge is 2.41. The summed E-state index contributed by atoms with van der Waals surface area (Å²) in [5.74, 6) is -0.0729. The number of ether oxygens (including phenoxy) is 1. The van der Waals surface area contributed by atoms with E-state index in [0.29, 0.717) is 57.8 Å². The first-order valence-electron chi connectivity index (χ1n) is 15.4. The van der Waals surface area contributed by atoms with Gasteiger partial charge in [0.1, 0.15) is 0 Å². The van der Waals surface area contributed by atoms with Gasteiger partial charge in [0.15, 0.2) is 0 Å². The number of aryl methyl sites for hydroxylation is 3. The number of sulfonamides is 1. The average Bonchev–Trinajstić information content (AvgIpc) is 3.82. The first-order chi connectivity index (χ1) is 20.6. The van der Waals surface area contributed by atoms with E-state index in [1.165, 1.54) is 12.8 Å². The van der Waals surface area contributed by atoms with Gasteiger partial charge in [-0.3, -0.25) is 9.59 Å². The fraction of sp³-hybridized carbons (Fsp3) is 0.515. The maximum atomic E-state index is 13.5. The average molecular weight is 608 g/mol. The van der Waals surface area contributed by atoms with Crippen LogP contribution >= 0.6 is 0 Å². The number of nitrogens with one attached hydrogen (secondary N) is 1. The largest absolute Gasteiger partial charge is 0.481 e. The molecule has 0 radical (unpaired) electrons. The van der Waals surface area contributed by atoms with Crippen molar-refractivity contribution >= 4 is 32.8 Å². The molecule has 2 aliphatic carbocycles. The van der Waals surface area contributed by atoms with Gasteiger partial charge in [-0.15, -0.1) is 0 Å². The number of fused-ring (bicyclic) bond motifs is 1. The number of carbonyl (C=O) groups is 2. The Kier molecular flexibility index (Phi) is 8.37. The molecule has 230 valence electrons. The number of carboxylic acids is 1. The molecule has 3 aromatic rings. The van der Waals surface area contributed by atoms with Crippen molar-refractivity contribution in [3.8, 4) is 11.3 Å². The Bertz CT molecular complexity index is 1620. The van der Waals surface area contributed by atoms with Crippen molar-refractivity contribution in [2.45, 2.75) is 75.3 Å². The number of carbonyl (C=O) groups excluding carboxylic acids is 1. The van der Waals surface area contributed by atoms with E-state index in [1.807, 2.05) is 48.9 Å². The minimum Gasteiger partial charge on any atom is -0.481 e. The first kappa shape index (κ1) is 29.8. The van der Waals surface area contributed by atoms with Crippen LogP contribution in [0.3, 0.4) is 0 Å². The van der Waals surface area contributed by atoms with Gasteiger partial charge in [-0.2, -0.15) is 0 Å². The summed E-state index contributed by atoms with van der Waals surface area (Å²) in [6, 6.07) is 13.2. The fourth-order valence-electron chi connectivity index (χ4n) is 7.01. The van der Waals surface area contributed by atoms with Gasteiger partial charge in [0.25, 0.3) is 0 Å².